The van der Waals surface area contributed by atoms with Crippen LogP contribution in [0.1, 0.15) is 50.5 Å². The van der Waals surface area contributed by atoms with Crippen LogP contribution in [-0.4, -0.2) is 23.6 Å². The van der Waals surface area contributed by atoms with E-state index in [1.54, 1.807) is 12.1 Å². The minimum Gasteiger partial charge on any atom is -1.00 e. The van der Waals surface area contributed by atoms with Crippen LogP contribution in [0.4, 0.5) is 0 Å². The van der Waals surface area contributed by atoms with Crippen molar-refractivity contribution in [2.45, 2.75) is 46.7 Å². The summed E-state index contributed by atoms with van der Waals surface area (Å²) in [7, 11) is 0. The molecule has 0 saturated heterocycles. The average Bonchev–Trinajstić information content (AvgIpc) is 3.03. The van der Waals surface area contributed by atoms with Crippen LogP contribution in [0.5, 0.6) is 11.5 Å². The summed E-state index contributed by atoms with van der Waals surface area (Å²) in [6.45, 7) is 9.54. The summed E-state index contributed by atoms with van der Waals surface area (Å²) in [5.74, 6) is 1.35. The molecule has 1 unspecified atom stereocenters. The van der Waals surface area contributed by atoms with Crippen molar-refractivity contribution in [1.82, 2.24) is 4.57 Å². The van der Waals surface area contributed by atoms with Gasteiger partial charge in [0.1, 0.15) is 23.9 Å². The topological polar surface area (TPSA) is 44.3 Å². The van der Waals surface area contributed by atoms with Crippen molar-refractivity contribution in [1.29, 1.82) is 0 Å². The fraction of sp³-hybridized carbons (Fsp3) is 0.474. The van der Waals surface area contributed by atoms with Crippen molar-refractivity contribution in [3.8, 4) is 11.5 Å². The molecule has 5 nitrogen and oxygen atoms in total. The molecule has 1 heterocycles. The summed E-state index contributed by atoms with van der Waals surface area (Å²) < 4.78 is 15.1. The number of aromatic nitrogens is 2. The zero-order valence-corrected chi connectivity index (χ0v) is 16.1. The van der Waals surface area contributed by atoms with E-state index < -0.39 is 0 Å². The lowest BCUT2D eigenvalue weighted by atomic mass is 10.1. The summed E-state index contributed by atoms with van der Waals surface area (Å²) in [4.78, 5) is 12.6. The van der Waals surface area contributed by atoms with Crippen molar-refractivity contribution in [3.05, 3.63) is 42.5 Å². The predicted octanol–water partition coefficient (Wildman–Crippen LogP) is 0.431. The minimum atomic E-state index is 0. The van der Waals surface area contributed by atoms with E-state index in [9.17, 15) is 4.79 Å². The Balaban J connectivity index is 0.00000312. The molecule has 0 aliphatic heterocycles. The van der Waals surface area contributed by atoms with Gasteiger partial charge in [0.2, 0.25) is 12.1 Å². The van der Waals surface area contributed by atoms with Gasteiger partial charge in [-0.15, -0.1) is 0 Å². The summed E-state index contributed by atoms with van der Waals surface area (Å²) in [5, 5.41) is 0. The molecule has 6 heteroatoms. The van der Waals surface area contributed by atoms with Crippen LogP contribution in [0, 0.1) is 0 Å². The Bertz CT molecular complexity index is 661. The highest BCUT2D eigenvalue weighted by molar-refractivity contribution is 5.95. The maximum Gasteiger partial charge on any atom is 0.244 e. The first kappa shape index (κ1) is 21.0. The maximum atomic E-state index is 12.6. The highest BCUT2D eigenvalue weighted by Crippen LogP contribution is 2.23. The van der Waals surface area contributed by atoms with Crippen molar-refractivity contribution in [3.63, 3.8) is 0 Å². The van der Waals surface area contributed by atoms with Gasteiger partial charge in [-0.1, -0.05) is 6.92 Å². The molecular formula is C19H27ClN2O3. The molecule has 2 aromatic rings. The van der Waals surface area contributed by atoms with E-state index in [-0.39, 0.29) is 18.2 Å². The van der Waals surface area contributed by atoms with Crippen LogP contribution in [0.25, 0.3) is 0 Å². The van der Waals surface area contributed by atoms with Gasteiger partial charge in [-0.05, 0) is 39.3 Å². The van der Waals surface area contributed by atoms with Crippen molar-refractivity contribution >= 4 is 5.78 Å². The van der Waals surface area contributed by atoms with Gasteiger partial charge in [-0.3, -0.25) is 4.79 Å². The third kappa shape index (κ3) is 5.78. The van der Waals surface area contributed by atoms with E-state index in [1.807, 2.05) is 43.2 Å². The Morgan fingerprint density at radius 1 is 1.12 bits per heavy atom. The van der Waals surface area contributed by atoms with Gasteiger partial charge in [0.25, 0.3) is 0 Å². The first-order valence-corrected chi connectivity index (χ1v) is 8.57. The molecule has 0 N–H and O–H groups in total. The summed E-state index contributed by atoms with van der Waals surface area (Å²) in [6.07, 6.45) is 6.96. The van der Waals surface area contributed by atoms with Gasteiger partial charge < -0.3 is 21.9 Å². The number of imidazole rings is 1. The number of hydrogen-bond acceptors (Lipinski definition) is 3. The second kappa shape index (κ2) is 10.1. The van der Waals surface area contributed by atoms with E-state index in [1.165, 1.54) is 0 Å². The minimum absolute atomic E-state index is 0. The number of ketones is 1. The Labute approximate surface area is 156 Å². The van der Waals surface area contributed by atoms with Gasteiger partial charge in [0.05, 0.1) is 19.3 Å². The van der Waals surface area contributed by atoms with Crippen molar-refractivity contribution in [2.75, 3.05) is 13.2 Å². The van der Waals surface area contributed by atoms with Gasteiger partial charge in [0, 0.05) is 11.6 Å². The van der Waals surface area contributed by atoms with E-state index in [0.29, 0.717) is 42.9 Å². The number of benzene rings is 1. The largest absolute Gasteiger partial charge is 1.00 e. The highest BCUT2D eigenvalue weighted by atomic mass is 35.5. The number of hydrogen-bond donors (Lipinski definition) is 0. The van der Waals surface area contributed by atoms with Gasteiger partial charge in [-0.25, -0.2) is 9.13 Å². The lowest BCUT2D eigenvalue weighted by Gasteiger charge is -2.09. The second-order valence-electron chi connectivity index (χ2n) is 5.77. The summed E-state index contributed by atoms with van der Waals surface area (Å²) in [6, 6.07) is 5.80. The van der Waals surface area contributed by atoms with Crippen LogP contribution in [0.2, 0.25) is 0 Å². The summed E-state index contributed by atoms with van der Waals surface area (Å²) >= 11 is 0. The molecule has 0 aliphatic rings. The molecule has 0 saturated carbocycles. The number of halogens is 1. The van der Waals surface area contributed by atoms with Crippen LogP contribution < -0.4 is 26.4 Å². The highest BCUT2D eigenvalue weighted by Gasteiger charge is 2.16. The Morgan fingerprint density at radius 3 is 2.24 bits per heavy atom. The number of ether oxygens (including phenoxy) is 2. The average molecular weight is 367 g/mol. The number of carbonyl (C=O) groups excluding carboxylic acids is 1. The Kier molecular flexibility index (Phi) is 8.49. The third-order valence-electron chi connectivity index (χ3n) is 3.96. The lowest BCUT2D eigenvalue weighted by Crippen LogP contribution is -3.00. The second-order valence-corrected chi connectivity index (χ2v) is 5.77. The molecule has 0 aliphatic carbocycles. The third-order valence-corrected chi connectivity index (χ3v) is 3.96. The molecule has 0 bridgehead atoms. The smallest absolute Gasteiger partial charge is 0.244 e. The molecule has 0 spiro atoms. The molecule has 0 fully saturated rings. The molecule has 1 atom stereocenters. The van der Waals surface area contributed by atoms with Gasteiger partial charge in [0.15, 0.2) is 6.54 Å². The number of Topliss-reactive ketones (excluding diaryl/α,β-unsaturated/α-hetero) is 1. The normalized spacial score (nSPS) is 11.5. The molecule has 25 heavy (non-hydrogen) atoms. The molecule has 1 aromatic carbocycles. The SMILES string of the molecule is CCOc1cc(OCC)cc(C(=O)C[n+]2ccn(C(C)CC)c2)c1.[Cl-]. The fourth-order valence-electron chi connectivity index (χ4n) is 2.47. The van der Waals surface area contributed by atoms with E-state index in [4.69, 9.17) is 9.47 Å². The fourth-order valence-corrected chi connectivity index (χ4v) is 2.47. The predicted molar refractivity (Wildman–Crippen MR) is 92.7 cm³/mol. The van der Waals surface area contributed by atoms with Crippen LogP contribution >= 0.6 is 0 Å². The monoisotopic (exact) mass is 366 g/mol. The standard InChI is InChI=1S/C19H27N2O3.ClH/c1-5-15(4)21-9-8-20(14-21)13-19(22)16-10-17(23-6-2)12-18(11-16)24-7-3;/h8-12,14-15H,5-7,13H2,1-4H3;1H/q+1;/p-1. The molecule has 138 valence electrons. The molecule has 1 aromatic heterocycles. The van der Waals surface area contributed by atoms with Crippen molar-refractivity contribution < 1.29 is 31.2 Å². The number of rotatable bonds is 9. The Morgan fingerprint density at radius 2 is 1.72 bits per heavy atom. The van der Waals surface area contributed by atoms with Crippen LogP contribution in [0.15, 0.2) is 36.9 Å². The van der Waals surface area contributed by atoms with E-state index in [0.717, 1.165) is 6.42 Å². The quantitative estimate of drug-likeness (QED) is 0.477. The maximum absolute atomic E-state index is 12.6. The molecular weight excluding hydrogens is 340 g/mol. The molecule has 0 radical (unpaired) electrons. The first-order valence-electron chi connectivity index (χ1n) is 8.57. The first-order chi connectivity index (χ1) is 11.6. The molecule has 2 rings (SSSR count). The zero-order chi connectivity index (χ0) is 17.5. The number of carbonyl (C=O) groups is 1. The molecule has 0 amide bonds. The Hall–Kier alpha value is -2.01. The van der Waals surface area contributed by atoms with Crippen molar-refractivity contribution in [2.24, 2.45) is 0 Å². The van der Waals surface area contributed by atoms with Crippen LogP contribution in [0.3, 0.4) is 0 Å². The van der Waals surface area contributed by atoms with Gasteiger partial charge >= 0.3 is 0 Å². The lowest BCUT2D eigenvalue weighted by molar-refractivity contribution is -0.682. The van der Waals surface area contributed by atoms with E-state index in [2.05, 4.69) is 18.4 Å². The summed E-state index contributed by atoms with van der Waals surface area (Å²) in [5.41, 5.74) is 0.605. The zero-order valence-electron chi connectivity index (χ0n) is 15.4. The number of nitrogens with zero attached hydrogens (tertiary/aromatic N) is 2. The van der Waals surface area contributed by atoms with Crippen LogP contribution in [-0.2, 0) is 6.54 Å². The van der Waals surface area contributed by atoms with E-state index >= 15 is 0 Å². The van der Waals surface area contributed by atoms with Gasteiger partial charge in [-0.2, -0.15) is 0 Å².